The van der Waals surface area contributed by atoms with Crippen LogP contribution in [0.25, 0.3) is 0 Å². The van der Waals surface area contributed by atoms with Crippen LogP contribution in [0.1, 0.15) is 12.0 Å². The van der Waals surface area contributed by atoms with Crippen molar-refractivity contribution >= 4 is 17.6 Å². The molecule has 0 bridgehead atoms. The number of carbonyl (C=O) groups is 2. The number of nitro groups is 1. The normalized spacial score (nSPS) is 20.4. The molecule has 2 N–H and O–H groups in total. The van der Waals surface area contributed by atoms with Crippen LogP contribution in [0.3, 0.4) is 0 Å². The van der Waals surface area contributed by atoms with Gasteiger partial charge in [-0.15, -0.1) is 0 Å². The van der Waals surface area contributed by atoms with E-state index in [-0.39, 0.29) is 17.9 Å². The summed E-state index contributed by atoms with van der Waals surface area (Å²) in [6.07, 6.45) is 0.187. The first-order valence-corrected chi connectivity index (χ1v) is 7.97. The third-order valence-electron chi connectivity index (χ3n) is 4.55. The topological polar surface area (TPSA) is 128 Å². The van der Waals surface area contributed by atoms with Crippen molar-refractivity contribution < 1.29 is 29.2 Å². The highest BCUT2D eigenvalue weighted by atomic mass is 16.6. The lowest BCUT2D eigenvalue weighted by molar-refractivity contribution is -0.384. The van der Waals surface area contributed by atoms with Gasteiger partial charge in [-0.1, -0.05) is 18.2 Å². The van der Waals surface area contributed by atoms with Crippen LogP contribution in [0.15, 0.2) is 48.5 Å². The summed E-state index contributed by atoms with van der Waals surface area (Å²) in [5, 5.41) is 19.7. The molecule has 2 aromatic rings. The maximum Gasteiger partial charge on any atom is 0.317 e. The fourth-order valence-electron chi connectivity index (χ4n) is 3.14. The van der Waals surface area contributed by atoms with Crippen molar-refractivity contribution in [3.8, 4) is 11.5 Å². The SMILES string of the molecule is COC(=O)[C@]1(c2cccc(Oc3cccc([N+](=O)[O-])c3)c2)C[C@H]1C(=O)NO. The van der Waals surface area contributed by atoms with E-state index in [0.717, 1.165) is 0 Å². The van der Waals surface area contributed by atoms with Crippen LogP contribution in [0.4, 0.5) is 5.69 Å². The first kappa shape index (κ1) is 18.3. The quantitative estimate of drug-likeness (QED) is 0.345. The van der Waals surface area contributed by atoms with Gasteiger partial charge < -0.3 is 9.47 Å². The van der Waals surface area contributed by atoms with Gasteiger partial charge in [0.15, 0.2) is 0 Å². The molecule has 27 heavy (non-hydrogen) atoms. The van der Waals surface area contributed by atoms with Crippen molar-refractivity contribution in [2.45, 2.75) is 11.8 Å². The average Bonchev–Trinajstić information content (AvgIpc) is 3.44. The van der Waals surface area contributed by atoms with Gasteiger partial charge in [0, 0.05) is 6.07 Å². The van der Waals surface area contributed by atoms with Crippen molar-refractivity contribution in [1.29, 1.82) is 0 Å². The molecular weight excluding hydrogens is 356 g/mol. The molecule has 0 saturated heterocycles. The van der Waals surface area contributed by atoms with E-state index >= 15 is 0 Å². The fourth-order valence-corrected chi connectivity index (χ4v) is 3.14. The summed E-state index contributed by atoms with van der Waals surface area (Å²) in [5.41, 5.74) is 0.732. The lowest BCUT2D eigenvalue weighted by Crippen LogP contribution is -2.31. The molecule has 2 atom stereocenters. The number of ether oxygens (including phenoxy) is 2. The van der Waals surface area contributed by atoms with Gasteiger partial charge in [-0.25, -0.2) is 5.48 Å². The van der Waals surface area contributed by atoms with E-state index in [9.17, 15) is 19.7 Å². The first-order valence-electron chi connectivity index (χ1n) is 7.97. The van der Waals surface area contributed by atoms with Gasteiger partial charge in [0.05, 0.1) is 24.0 Å². The minimum atomic E-state index is -1.20. The van der Waals surface area contributed by atoms with Gasteiger partial charge in [-0.3, -0.25) is 24.9 Å². The average molecular weight is 372 g/mol. The predicted molar refractivity (Wildman–Crippen MR) is 91.3 cm³/mol. The summed E-state index contributed by atoms with van der Waals surface area (Å²) in [6.45, 7) is 0. The van der Waals surface area contributed by atoms with Crippen LogP contribution in [0.2, 0.25) is 0 Å². The minimum Gasteiger partial charge on any atom is -0.468 e. The van der Waals surface area contributed by atoms with Crippen LogP contribution in [0.5, 0.6) is 11.5 Å². The van der Waals surface area contributed by atoms with Crippen LogP contribution in [-0.2, 0) is 19.7 Å². The molecule has 9 heteroatoms. The molecule has 0 radical (unpaired) electrons. The molecular formula is C18H16N2O7. The number of hydrogen-bond donors (Lipinski definition) is 2. The Morgan fingerprint density at radius 2 is 1.89 bits per heavy atom. The van der Waals surface area contributed by atoms with Crippen LogP contribution >= 0.6 is 0 Å². The van der Waals surface area contributed by atoms with Gasteiger partial charge in [0.2, 0.25) is 5.91 Å². The van der Waals surface area contributed by atoms with Crippen LogP contribution in [-0.4, -0.2) is 29.1 Å². The third kappa shape index (κ3) is 3.32. The summed E-state index contributed by atoms with van der Waals surface area (Å²) < 4.78 is 10.5. The third-order valence-corrected chi connectivity index (χ3v) is 4.55. The monoisotopic (exact) mass is 372 g/mol. The molecule has 1 fully saturated rings. The summed E-state index contributed by atoms with van der Waals surface area (Å²) in [6, 6.07) is 12.2. The summed E-state index contributed by atoms with van der Waals surface area (Å²) in [4.78, 5) is 34.5. The Bertz CT molecular complexity index is 914. The van der Waals surface area contributed by atoms with Crippen molar-refractivity contribution in [3.05, 3.63) is 64.2 Å². The molecule has 0 spiro atoms. The summed E-state index contributed by atoms with van der Waals surface area (Å²) in [7, 11) is 1.22. The number of nitrogens with one attached hydrogen (secondary N) is 1. The zero-order valence-electron chi connectivity index (χ0n) is 14.2. The first-order chi connectivity index (χ1) is 12.9. The molecule has 140 valence electrons. The molecule has 0 aromatic heterocycles. The Labute approximate surface area is 153 Å². The number of nitrogens with zero attached hydrogens (tertiary/aromatic N) is 1. The van der Waals surface area contributed by atoms with E-state index in [0.29, 0.717) is 11.3 Å². The highest BCUT2D eigenvalue weighted by molar-refractivity contribution is 5.97. The van der Waals surface area contributed by atoms with Gasteiger partial charge in [0.1, 0.15) is 16.9 Å². The predicted octanol–water partition coefficient (Wildman–Crippen LogP) is 2.32. The number of benzene rings is 2. The number of amides is 1. The van der Waals surface area contributed by atoms with E-state index < -0.39 is 28.1 Å². The Balaban J connectivity index is 1.91. The van der Waals surface area contributed by atoms with Crippen molar-refractivity contribution in [1.82, 2.24) is 5.48 Å². The van der Waals surface area contributed by atoms with Gasteiger partial charge in [0.25, 0.3) is 5.69 Å². The number of methoxy groups -OCH3 is 1. The van der Waals surface area contributed by atoms with Crippen molar-refractivity contribution in [2.75, 3.05) is 7.11 Å². The molecule has 2 aromatic carbocycles. The molecule has 1 aliphatic rings. The number of carbonyl (C=O) groups excluding carboxylic acids is 2. The van der Waals surface area contributed by atoms with E-state index in [1.807, 2.05) is 0 Å². The second kappa shape index (κ2) is 7.04. The van der Waals surface area contributed by atoms with E-state index in [1.165, 1.54) is 25.3 Å². The van der Waals surface area contributed by atoms with E-state index in [2.05, 4.69) is 0 Å². The number of nitro benzene ring substituents is 1. The second-order valence-electron chi connectivity index (χ2n) is 6.08. The molecule has 1 saturated carbocycles. The second-order valence-corrected chi connectivity index (χ2v) is 6.08. The molecule has 0 unspecified atom stereocenters. The maximum atomic E-state index is 12.3. The molecule has 3 rings (SSSR count). The highest BCUT2D eigenvalue weighted by Crippen LogP contribution is 2.55. The largest absolute Gasteiger partial charge is 0.468 e. The molecule has 0 aliphatic heterocycles. The maximum absolute atomic E-state index is 12.3. The smallest absolute Gasteiger partial charge is 0.317 e. The lowest BCUT2D eigenvalue weighted by atomic mass is 9.92. The van der Waals surface area contributed by atoms with Gasteiger partial charge in [-0.2, -0.15) is 0 Å². The minimum absolute atomic E-state index is 0.114. The number of hydrogen-bond acceptors (Lipinski definition) is 7. The van der Waals surface area contributed by atoms with E-state index in [1.54, 1.807) is 35.8 Å². The van der Waals surface area contributed by atoms with Crippen LogP contribution < -0.4 is 10.2 Å². The fraction of sp³-hybridized carbons (Fsp3) is 0.222. The summed E-state index contributed by atoms with van der Waals surface area (Å²) >= 11 is 0. The Morgan fingerprint density at radius 1 is 1.22 bits per heavy atom. The van der Waals surface area contributed by atoms with Crippen molar-refractivity contribution in [3.63, 3.8) is 0 Å². The number of non-ortho nitro benzene ring substituents is 1. The molecule has 1 amide bonds. The Hall–Kier alpha value is -3.46. The van der Waals surface area contributed by atoms with Crippen LogP contribution in [0, 0.1) is 16.0 Å². The zero-order chi connectivity index (χ0) is 19.6. The van der Waals surface area contributed by atoms with E-state index in [4.69, 9.17) is 14.7 Å². The number of esters is 1. The van der Waals surface area contributed by atoms with Crippen molar-refractivity contribution in [2.24, 2.45) is 5.92 Å². The van der Waals surface area contributed by atoms with Gasteiger partial charge in [-0.05, 0) is 30.2 Å². The van der Waals surface area contributed by atoms with Gasteiger partial charge >= 0.3 is 5.97 Å². The number of hydroxylamine groups is 1. The number of rotatable bonds is 6. The molecule has 9 nitrogen and oxygen atoms in total. The standard InChI is InChI=1S/C18H16N2O7/c1-26-17(22)18(10-15(18)16(21)19-23)11-4-2-6-13(8-11)27-14-7-3-5-12(9-14)20(24)25/h2-9,15,23H,10H2,1H3,(H,19,21)/t15-,18-/m0/s1. The lowest BCUT2D eigenvalue weighted by Gasteiger charge is -2.16. The molecule has 0 heterocycles. The Morgan fingerprint density at radius 3 is 2.52 bits per heavy atom. The zero-order valence-corrected chi connectivity index (χ0v) is 14.2. The molecule has 1 aliphatic carbocycles. The Kier molecular flexibility index (Phi) is 4.78. The summed E-state index contributed by atoms with van der Waals surface area (Å²) in [5.74, 6) is -1.43. The highest BCUT2D eigenvalue weighted by Gasteiger charge is 2.65.